The predicted octanol–water partition coefficient (Wildman–Crippen LogP) is 3.57. The van der Waals surface area contributed by atoms with Gasteiger partial charge in [0.1, 0.15) is 0 Å². The highest BCUT2D eigenvalue weighted by Gasteiger charge is 2.46. The zero-order chi connectivity index (χ0) is 17.7. The minimum atomic E-state index is -0.218. The number of carbonyl (C=O) groups excluding carboxylic acids is 1. The summed E-state index contributed by atoms with van der Waals surface area (Å²) in [7, 11) is 1.45. The van der Waals surface area contributed by atoms with Crippen molar-refractivity contribution in [3.63, 3.8) is 0 Å². The van der Waals surface area contributed by atoms with Gasteiger partial charge in [-0.05, 0) is 37.7 Å². The summed E-state index contributed by atoms with van der Waals surface area (Å²) in [6.07, 6.45) is 6.43. The molecule has 2 aliphatic heterocycles. The summed E-state index contributed by atoms with van der Waals surface area (Å²) < 4.78 is 11.4. The molecule has 2 atom stereocenters. The fourth-order valence-corrected chi connectivity index (χ4v) is 4.19. The fourth-order valence-electron chi connectivity index (χ4n) is 4.19. The molecule has 0 amide bonds. The van der Waals surface area contributed by atoms with Gasteiger partial charge in [0.25, 0.3) is 0 Å². The Morgan fingerprint density at radius 2 is 2.08 bits per heavy atom. The Balaban J connectivity index is 1.55. The number of benzene rings is 1. The van der Waals surface area contributed by atoms with Gasteiger partial charge in [-0.2, -0.15) is 0 Å². The molecule has 1 aromatic rings. The summed E-state index contributed by atoms with van der Waals surface area (Å²) in [5.41, 5.74) is 1.31. The van der Waals surface area contributed by atoms with Crippen molar-refractivity contribution in [2.45, 2.75) is 50.4 Å². The maximum absolute atomic E-state index is 12.1. The molecule has 0 aliphatic carbocycles. The van der Waals surface area contributed by atoms with Crippen LogP contribution in [0.5, 0.6) is 0 Å². The Morgan fingerprint density at radius 3 is 2.72 bits per heavy atom. The van der Waals surface area contributed by atoms with Gasteiger partial charge in [0.2, 0.25) is 0 Å². The lowest BCUT2D eigenvalue weighted by atomic mass is 9.87. The molecule has 0 aromatic heterocycles. The van der Waals surface area contributed by atoms with E-state index in [1.54, 1.807) is 6.08 Å². The van der Waals surface area contributed by atoms with Gasteiger partial charge < -0.3 is 9.47 Å². The average Bonchev–Trinajstić information content (AvgIpc) is 3.05. The molecular weight excluding hydrogens is 314 g/mol. The maximum atomic E-state index is 12.1. The maximum Gasteiger partial charge on any atom is 0.311 e. The predicted molar refractivity (Wildman–Crippen MR) is 98.1 cm³/mol. The zero-order valence-electron chi connectivity index (χ0n) is 15.2. The standard InChI is InChI=1S/C21H29NO3/c1-3-7-18(20(23)24-2)19-10-11-21(25-19)12-14-22(15-13-21)16-17-8-5-4-6-9-17/h3-6,8-9,18-19H,1,7,10-16H2,2H3. The first-order valence-corrected chi connectivity index (χ1v) is 9.28. The quantitative estimate of drug-likeness (QED) is 0.585. The Hall–Kier alpha value is -1.65. The highest BCUT2D eigenvalue weighted by Crippen LogP contribution is 2.42. The summed E-state index contributed by atoms with van der Waals surface area (Å²) >= 11 is 0. The molecule has 0 saturated carbocycles. The van der Waals surface area contributed by atoms with E-state index in [-0.39, 0.29) is 23.6 Å². The Labute approximate surface area is 150 Å². The van der Waals surface area contributed by atoms with Crippen LogP contribution in [0.25, 0.3) is 0 Å². The van der Waals surface area contributed by atoms with Crippen LogP contribution in [0.2, 0.25) is 0 Å². The summed E-state index contributed by atoms with van der Waals surface area (Å²) in [4.78, 5) is 14.6. The second-order valence-electron chi connectivity index (χ2n) is 7.29. The molecular formula is C21H29NO3. The first-order valence-electron chi connectivity index (χ1n) is 9.28. The van der Waals surface area contributed by atoms with Gasteiger partial charge in [0.05, 0.1) is 24.7 Å². The lowest BCUT2D eigenvalue weighted by Gasteiger charge is -2.39. The van der Waals surface area contributed by atoms with E-state index >= 15 is 0 Å². The van der Waals surface area contributed by atoms with E-state index in [2.05, 4.69) is 41.8 Å². The van der Waals surface area contributed by atoms with Gasteiger partial charge >= 0.3 is 5.97 Å². The van der Waals surface area contributed by atoms with E-state index < -0.39 is 0 Å². The normalized spacial score (nSPS) is 24.1. The number of piperidine rings is 1. The summed E-state index contributed by atoms with van der Waals surface area (Å²) in [5.74, 6) is -0.396. The van der Waals surface area contributed by atoms with Crippen molar-refractivity contribution in [3.05, 3.63) is 48.6 Å². The second-order valence-corrected chi connectivity index (χ2v) is 7.29. The first kappa shape index (κ1) is 18.2. The Kier molecular flexibility index (Phi) is 5.92. The number of esters is 1. The number of hydrogen-bond donors (Lipinski definition) is 0. The number of rotatable bonds is 6. The van der Waals surface area contributed by atoms with Crippen molar-refractivity contribution in [1.82, 2.24) is 4.90 Å². The number of ether oxygens (including phenoxy) is 2. The van der Waals surface area contributed by atoms with Crippen LogP contribution in [0.4, 0.5) is 0 Å². The summed E-state index contributed by atoms with van der Waals surface area (Å²) in [5, 5.41) is 0. The van der Waals surface area contributed by atoms with E-state index in [0.29, 0.717) is 6.42 Å². The van der Waals surface area contributed by atoms with Crippen LogP contribution in [0, 0.1) is 5.92 Å². The third-order valence-corrected chi connectivity index (χ3v) is 5.68. The number of allylic oxidation sites excluding steroid dienone is 1. The number of likely N-dealkylation sites (tertiary alicyclic amines) is 1. The minimum absolute atomic E-state index is 0.0360. The lowest BCUT2D eigenvalue weighted by molar-refractivity contribution is -0.155. The van der Waals surface area contributed by atoms with Crippen LogP contribution in [-0.4, -0.2) is 42.8 Å². The van der Waals surface area contributed by atoms with Crippen LogP contribution in [0.3, 0.4) is 0 Å². The van der Waals surface area contributed by atoms with E-state index in [0.717, 1.165) is 45.3 Å². The molecule has 25 heavy (non-hydrogen) atoms. The van der Waals surface area contributed by atoms with Gasteiger partial charge in [0.15, 0.2) is 0 Å². The van der Waals surface area contributed by atoms with Crippen LogP contribution >= 0.6 is 0 Å². The molecule has 3 rings (SSSR count). The molecule has 1 spiro atoms. The average molecular weight is 343 g/mol. The number of carbonyl (C=O) groups is 1. The SMILES string of the molecule is C=CCC(C(=O)OC)C1CCC2(CCN(Cc3ccccc3)CC2)O1. The fraction of sp³-hybridized carbons (Fsp3) is 0.571. The van der Waals surface area contributed by atoms with Crippen molar-refractivity contribution < 1.29 is 14.3 Å². The minimum Gasteiger partial charge on any atom is -0.469 e. The highest BCUT2D eigenvalue weighted by molar-refractivity contribution is 5.73. The van der Waals surface area contributed by atoms with Crippen molar-refractivity contribution in [3.8, 4) is 0 Å². The van der Waals surface area contributed by atoms with Gasteiger partial charge in [0, 0.05) is 19.6 Å². The Bertz CT molecular complexity index is 578. The topological polar surface area (TPSA) is 38.8 Å². The molecule has 0 N–H and O–H groups in total. The van der Waals surface area contributed by atoms with Crippen molar-refractivity contribution in [1.29, 1.82) is 0 Å². The molecule has 4 nitrogen and oxygen atoms in total. The van der Waals surface area contributed by atoms with Crippen LogP contribution < -0.4 is 0 Å². The van der Waals surface area contributed by atoms with E-state index in [1.807, 2.05) is 0 Å². The Morgan fingerprint density at radius 1 is 1.36 bits per heavy atom. The van der Waals surface area contributed by atoms with Crippen LogP contribution in [0.15, 0.2) is 43.0 Å². The first-order chi connectivity index (χ1) is 12.2. The van der Waals surface area contributed by atoms with Crippen LogP contribution in [-0.2, 0) is 20.8 Å². The molecule has 1 aromatic carbocycles. The third-order valence-electron chi connectivity index (χ3n) is 5.68. The molecule has 2 fully saturated rings. The van der Waals surface area contributed by atoms with Gasteiger partial charge in [-0.1, -0.05) is 36.4 Å². The van der Waals surface area contributed by atoms with E-state index in [9.17, 15) is 4.79 Å². The summed E-state index contributed by atoms with van der Waals surface area (Å²) in [6, 6.07) is 10.6. The highest BCUT2D eigenvalue weighted by atomic mass is 16.5. The number of hydrogen-bond acceptors (Lipinski definition) is 4. The van der Waals surface area contributed by atoms with E-state index in [4.69, 9.17) is 9.47 Å². The monoisotopic (exact) mass is 343 g/mol. The van der Waals surface area contributed by atoms with Crippen molar-refractivity contribution in [2.24, 2.45) is 5.92 Å². The number of methoxy groups -OCH3 is 1. The van der Waals surface area contributed by atoms with Gasteiger partial charge in [-0.15, -0.1) is 6.58 Å². The molecule has 2 saturated heterocycles. The second kappa shape index (κ2) is 8.15. The lowest BCUT2D eigenvalue weighted by Crippen LogP contribution is -2.44. The third kappa shape index (κ3) is 4.31. The zero-order valence-corrected chi connectivity index (χ0v) is 15.2. The van der Waals surface area contributed by atoms with E-state index in [1.165, 1.54) is 12.7 Å². The molecule has 2 unspecified atom stereocenters. The van der Waals surface area contributed by atoms with Crippen LogP contribution in [0.1, 0.15) is 37.7 Å². The molecule has 4 heteroatoms. The van der Waals surface area contributed by atoms with Crippen molar-refractivity contribution >= 4 is 5.97 Å². The van der Waals surface area contributed by atoms with Gasteiger partial charge in [-0.3, -0.25) is 9.69 Å². The number of nitrogens with zero attached hydrogens (tertiary/aromatic N) is 1. The largest absolute Gasteiger partial charge is 0.469 e. The molecule has 0 bridgehead atoms. The molecule has 2 aliphatic rings. The smallest absolute Gasteiger partial charge is 0.311 e. The van der Waals surface area contributed by atoms with Gasteiger partial charge in [-0.25, -0.2) is 0 Å². The van der Waals surface area contributed by atoms with Crippen molar-refractivity contribution in [2.75, 3.05) is 20.2 Å². The molecule has 2 heterocycles. The molecule has 0 radical (unpaired) electrons. The summed E-state index contributed by atoms with van der Waals surface area (Å²) in [6.45, 7) is 6.87. The molecule has 136 valence electrons.